The molecule has 1 aromatic rings. The van der Waals surface area contributed by atoms with Gasteiger partial charge in [0.15, 0.2) is 0 Å². The smallest absolute Gasteiger partial charge is 0.269 e. The van der Waals surface area contributed by atoms with Gasteiger partial charge in [-0.1, -0.05) is 11.6 Å². The molecule has 6 nitrogen and oxygen atoms in total. The maximum atomic E-state index is 11.3. The third-order valence-corrected chi connectivity index (χ3v) is 4.13. The van der Waals surface area contributed by atoms with Crippen LogP contribution in [0.25, 0.3) is 0 Å². The van der Waals surface area contributed by atoms with Crippen LogP contribution in [-0.2, 0) is 11.3 Å². The molecular weight excluding hydrogens is 294 g/mol. The topological polar surface area (TPSA) is 75.5 Å². The molecule has 1 fully saturated rings. The van der Waals surface area contributed by atoms with Crippen LogP contribution in [0.4, 0.5) is 5.69 Å². The highest BCUT2D eigenvalue weighted by Gasteiger charge is 2.20. The van der Waals surface area contributed by atoms with Gasteiger partial charge in [0.05, 0.1) is 4.92 Å². The van der Waals surface area contributed by atoms with E-state index < -0.39 is 4.92 Å². The Kier molecular flexibility index (Phi) is 5.14. The Bertz CT molecular complexity index is 542. The van der Waals surface area contributed by atoms with Crippen LogP contribution in [0.1, 0.15) is 25.3 Å². The Labute approximate surface area is 128 Å². The minimum absolute atomic E-state index is 0.0441. The number of piperidine rings is 1. The first-order valence-corrected chi connectivity index (χ1v) is 7.27. The van der Waals surface area contributed by atoms with E-state index in [1.165, 1.54) is 12.1 Å². The zero-order valence-corrected chi connectivity index (χ0v) is 12.6. The first-order chi connectivity index (χ1) is 9.97. The van der Waals surface area contributed by atoms with Gasteiger partial charge in [-0.05, 0) is 24.5 Å². The number of carbonyl (C=O) groups is 1. The number of benzene rings is 1. The minimum atomic E-state index is -0.425. The SMILES string of the molecule is CC(=O)N1CCC(NCc2cc([N+](=O)[O-])ccc2Cl)CC1. The van der Waals surface area contributed by atoms with Crippen LogP contribution in [0, 0.1) is 10.1 Å². The van der Waals surface area contributed by atoms with Gasteiger partial charge in [0, 0.05) is 49.8 Å². The molecule has 0 aromatic heterocycles. The van der Waals surface area contributed by atoms with E-state index in [4.69, 9.17) is 11.6 Å². The lowest BCUT2D eigenvalue weighted by atomic mass is 10.0. The van der Waals surface area contributed by atoms with Crippen LogP contribution >= 0.6 is 11.6 Å². The van der Waals surface area contributed by atoms with Crippen molar-refractivity contribution in [2.45, 2.75) is 32.4 Å². The zero-order chi connectivity index (χ0) is 15.4. The van der Waals surface area contributed by atoms with Crippen molar-refractivity contribution in [2.24, 2.45) is 0 Å². The molecule has 1 N–H and O–H groups in total. The van der Waals surface area contributed by atoms with Gasteiger partial charge < -0.3 is 10.2 Å². The average molecular weight is 312 g/mol. The summed E-state index contributed by atoms with van der Waals surface area (Å²) in [4.78, 5) is 23.4. The number of amides is 1. The number of nitro groups is 1. The van der Waals surface area contributed by atoms with E-state index in [-0.39, 0.29) is 11.6 Å². The van der Waals surface area contributed by atoms with Crippen molar-refractivity contribution in [3.05, 3.63) is 38.9 Å². The summed E-state index contributed by atoms with van der Waals surface area (Å²) < 4.78 is 0. The van der Waals surface area contributed by atoms with E-state index in [0.29, 0.717) is 17.6 Å². The number of rotatable bonds is 4. The number of hydrogen-bond acceptors (Lipinski definition) is 4. The second-order valence-electron chi connectivity index (χ2n) is 5.19. The number of non-ortho nitro benzene ring substituents is 1. The van der Waals surface area contributed by atoms with Crippen molar-refractivity contribution in [2.75, 3.05) is 13.1 Å². The van der Waals surface area contributed by atoms with E-state index in [1.807, 2.05) is 4.90 Å². The molecule has 0 spiro atoms. The summed E-state index contributed by atoms with van der Waals surface area (Å²) in [6.45, 7) is 3.56. The molecule has 1 aliphatic rings. The maximum absolute atomic E-state index is 11.3. The molecule has 1 heterocycles. The molecule has 114 valence electrons. The molecule has 21 heavy (non-hydrogen) atoms. The Hall–Kier alpha value is -1.66. The van der Waals surface area contributed by atoms with Crippen molar-refractivity contribution in [3.63, 3.8) is 0 Å². The van der Waals surface area contributed by atoms with Gasteiger partial charge in [0.1, 0.15) is 0 Å². The highest BCUT2D eigenvalue weighted by molar-refractivity contribution is 6.31. The lowest BCUT2D eigenvalue weighted by molar-refractivity contribution is -0.384. The van der Waals surface area contributed by atoms with Crippen molar-refractivity contribution < 1.29 is 9.72 Å². The highest BCUT2D eigenvalue weighted by atomic mass is 35.5. The number of hydrogen-bond donors (Lipinski definition) is 1. The van der Waals surface area contributed by atoms with Crippen molar-refractivity contribution in [1.82, 2.24) is 10.2 Å². The lowest BCUT2D eigenvalue weighted by Gasteiger charge is -2.31. The summed E-state index contributed by atoms with van der Waals surface area (Å²) in [6, 6.07) is 4.75. The van der Waals surface area contributed by atoms with Crippen LogP contribution in [0.5, 0.6) is 0 Å². The summed E-state index contributed by atoms with van der Waals surface area (Å²) in [5.41, 5.74) is 0.766. The predicted molar refractivity (Wildman–Crippen MR) is 80.2 cm³/mol. The van der Waals surface area contributed by atoms with Crippen LogP contribution in [-0.4, -0.2) is 34.9 Å². The minimum Gasteiger partial charge on any atom is -0.343 e. The number of halogens is 1. The average Bonchev–Trinajstić information content (AvgIpc) is 2.46. The fraction of sp³-hybridized carbons (Fsp3) is 0.500. The van der Waals surface area contributed by atoms with Crippen molar-refractivity contribution >= 4 is 23.2 Å². The monoisotopic (exact) mass is 311 g/mol. The molecule has 0 radical (unpaired) electrons. The number of carbonyl (C=O) groups excluding carboxylic acids is 1. The second-order valence-corrected chi connectivity index (χ2v) is 5.60. The van der Waals surface area contributed by atoms with Crippen LogP contribution in [0.2, 0.25) is 5.02 Å². The molecule has 7 heteroatoms. The zero-order valence-electron chi connectivity index (χ0n) is 11.8. The molecular formula is C14H18ClN3O3. The third-order valence-electron chi connectivity index (χ3n) is 3.76. The predicted octanol–water partition coefficient (Wildman–Crippen LogP) is 2.35. The highest BCUT2D eigenvalue weighted by Crippen LogP contribution is 2.22. The van der Waals surface area contributed by atoms with Crippen LogP contribution in [0.15, 0.2) is 18.2 Å². The normalized spacial score (nSPS) is 16.0. The molecule has 0 atom stereocenters. The third kappa shape index (κ3) is 4.15. The van der Waals surface area contributed by atoms with Crippen molar-refractivity contribution in [3.8, 4) is 0 Å². The molecule has 0 unspecified atom stereocenters. The molecule has 0 bridgehead atoms. The molecule has 0 aliphatic carbocycles. The van der Waals surface area contributed by atoms with Crippen LogP contribution < -0.4 is 5.32 Å². The first-order valence-electron chi connectivity index (χ1n) is 6.89. The first kappa shape index (κ1) is 15.7. The Morgan fingerprint density at radius 2 is 2.14 bits per heavy atom. The van der Waals surface area contributed by atoms with E-state index in [0.717, 1.165) is 31.5 Å². The summed E-state index contributed by atoms with van der Waals surface area (Å²) in [5, 5.41) is 14.7. The van der Waals surface area contributed by atoms with Gasteiger partial charge in [-0.2, -0.15) is 0 Å². The fourth-order valence-electron chi connectivity index (χ4n) is 2.46. The van der Waals surface area contributed by atoms with E-state index in [1.54, 1.807) is 13.0 Å². The van der Waals surface area contributed by atoms with E-state index in [9.17, 15) is 14.9 Å². The number of nitrogens with zero attached hydrogens (tertiary/aromatic N) is 2. The van der Waals surface area contributed by atoms with Crippen molar-refractivity contribution in [1.29, 1.82) is 0 Å². The number of nitrogens with one attached hydrogen (secondary N) is 1. The van der Waals surface area contributed by atoms with Gasteiger partial charge >= 0.3 is 0 Å². The van der Waals surface area contributed by atoms with E-state index >= 15 is 0 Å². The Morgan fingerprint density at radius 3 is 2.71 bits per heavy atom. The quantitative estimate of drug-likeness (QED) is 0.684. The van der Waals surface area contributed by atoms with E-state index in [2.05, 4.69) is 5.32 Å². The largest absolute Gasteiger partial charge is 0.343 e. The summed E-state index contributed by atoms with van der Waals surface area (Å²) in [6.07, 6.45) is 1.76. The molecule has 1 aromatic carbocycles. The fourth-order valence-corrected chi connectivity index (χ4v) is 2.65. The van der Waals surface area contributed by atoms with Gasteiger partial charge in [-0.15, -0.1) is 0 Å². The van der Waals surface area contributed by atoms with Crippen LogP contribution in [0.3, 0.4) is 0 Å². The van der Waals surface area contributed by atoms with Gasteiger partial charge in [-0.3, -0.25) is 14.9 Å². The Morgan fingerprint density at radius 1 is 1.48 bits per heavy atom. The lowest BCUT2D eigenvalue weighted by Crippen LogP contribution is -2.43. The summed E-state index contributed by atoms with van der Waals surface area (Å²) in [5.74, 6) is 0.107. The van der Waals surface area contributed by atoms with Gasteiger partial charge in [0.2, 0.25) is 5.91 Å². The van der Waals surface area contributed by atoms with Gasteiger partial charge in [0.25, 0.3) is 5.69 Å². The number of likely N-dealkylation sites (tertiary alicyclic amines) is 1. The maximum Gasteiger partial charge on any atom is 0.269 e. The molecule has 2 rings (SSSR count). The Balaban J connectivity index is 1.90. The summed E-state index contributed by atoms with van der Waals surface area (Å²) in [7, 11) is 0. The standard InChI is InChI=1S/C14H18ClN3O3/c1-10(19)17-6-4-12(5-7-17)16-9-11-8-13(18(20)21)2-3-14(11)15/h2-3,8,12,16H,4-7,9H2,1H3. The van der Waals surface area contributed by atoms with Gasteiger partial charge in [-0.25, -0.2) is 0 Å². The molecule has 1 amide bonds. The molecule has 1 saturated heterocycles. The number of nitro benzene ring substituents is 1. The molecule has 0 saturated carbocycles. The second kappa shape index (κ2) is 6.87. The summed E-state index contributed by atoms with van der Waals surface area (Å²) >= 11 is 6.07. The molecule has 1 aliphatic heterocycles.